The molecule has 12 heavy (non-hydrogen) atoms. The second-order valence-electron chi connectivity index (χ2n) is 2.76. The van der Waals surface area contributed by atoms with Crippen LogP contribution in [-0.2, 0) is 0 Å². The maximum Gasteiger partial charge on any atom is 0.323 e. The molecule has 0 saturated carbocycles. The second-order valence-corrected chi connectivity index (χ2v) is 2.76. The van der Waals surface area contributed by atoms with Crippen molar-refractivity contribution in [3.8, 4) is 0 Å². The maximum atomic E-state index is 11.1. The van der Waals surface area contributed by atoms with Crippen LogP contribution in [0.2, 0.25) is 0 Å². The standard InChI is InChI=1S/C6H12N2O4/c1-7-2-4(10)5(11)8(3-9)6(7)12/h4-5,9-11H,2-3H2,1H3. The molecule has 1 rings (SSSR count). The van der Waals surface area contributed by atoms with E-state index in [1.54, 1.807) is 0 Å². The van der Waals surface area contributed by atoms with Crippen molar-refractivity contribution >= 4 is 6.03 Å². The number of aliphatic hydroxyl groups excluding tert-OH is 3. The second kappa shape index (κ2) is 3.26. The Morgan fingerprint density at radius 2 is 2.17 bits per heavy atom. The third-order valence-electron chi connectivity index (χ3n) is 1.85. The molecule has 0 aromatic heterocycles. The molecule has 1 saturated heterocycles. The Bertz CT molecular complexity index is 186. The van der Waals surface area contributed by atoms with Crippen LogP contribution in [0.1, 0.15) is 0 Å². The van der Waals surface area contributed by atoms with Gasteiger partial charge in [-0.05, 0) is 0 Å². The number of amides is 2. The van der Waals surface area contributed by atoms with Crippen LogP contribution in [0.25, 0.3) is 0 Å². The first-order chi connectivity index (χ1) is 5.57. The van der Waals surface area contributed by atoms with Crippen molar-refractivity contribution < 1.29 is 20.1 Å². The van der Waals surface area contributed by atoms with Crippen molar-refractivity contribution in [3.63, 3.8) is 0 Å². The zero-order chi connectivity index (χ0) is 9.30. The number of urea groups is 1. The third-order valence-corrected chi connectivity index (χ3v) is 1.85. The topological polar surface area (TPSA) is 84.2 Å². The van der Waals surface area contributed by atoms with Gasteiger partial charge in [0.05, 0.1) is 6.54 Å². The highest BCUT2D eigenvalue weighted by atomic mass is 16.4. The summed E-state index contributed by atoms with van der Waals surface area (Å²) in [5.41, 5.74) is 0. The Labute approximate surface area is 69.6 Å². The van der Waals surface area contributed by atoms with Gasteiger partial charge in [-0.3, -0.25) is 4.90 Å². The molecule has 1 heterocycles. The minimum Gasteiger partial charge on any atom is -0.387 e. The summed E-state index contributed by atoms with van der Waals surface area (Å²) in [4.78, 5) is 13.1. The largest absolute Gasteiger partial charge is 0.387 e. The minimum atomic E-state index is -1.31. The summed E-state index contributed by atoms with van der Waals surface area (Å²) >= 11 is 0. The summed E-state index contributed by atoms with van der Waals surface area (Å²) < 4.78 is 0. The van der Waals surface area contributed by atoms with E-state index in [1.165, 1.54) is 11.9 Å². The monoisotopic (exact) mass is 176 g/mol. The lowest BCUT2D eigenvalue weighted by atomic mass is 10.2. The van der Waals surface area contributed by atoms with Crippen molar-refractivity contribution in [2.75, 3.05) is 20.3 Å². The molecule has 3 N–H and O–H groups in total. The molecule has 0 aromatic carbocycles. The van der Waals surface area contributed by atoms with Crippen LogP contribution in [0.4, 0.5) is 4.79 Å². The predicted octanol–water partition coefficient (Wildman–Crippen LogP) is -2.02. The fourth-order valence-electron chi connectivity index (χ4n) is 1.14. The highest BCUT2D eigenvalue weighted by molar-refractivity contribution is 5.75. The Morgan fingerprint density at radius 1 is 1.58 bits per heavy atom. The molecular weight excluding hydrogens is 164 g/mol. The number of aliphatic hydroxyl groups is 3. The molecular formula is C6H12N2O4. The van der Waals surface area contributed by atoms with Gasteiger partial charge in [-0.25, -0.2) is 4.79 Å². The summed E-state index contributed by atoms with van der Waals surface area (Å²) in [6, 6.07) is -0.490. The van der Waals surface area contributed by atoms with Crippen molar-refractivity contribution in [2.24, 2.45) is 0 Å². The van der Waals surface area contributed by atoms with Gasteiger partial charge in [0.25, 0.3) is 0 Å². The molecule has 0 spiro atoms. The highest BCUT2D eigenvalue weighted by Gasteiger charge is 2.35. The van der Waals surface area contributed by atoms with Crippen molar-refractivity contribution in [3.05, 3.63) is 0 Å². The molecule has 0 aliphatic carbocycles. The van der Waals surface area contributed by atoms with Crippen LogP contribution < -0.4 is 0 Å². The molecule has 2 amide bonds. The fraction of sp³-hybridized carbons (Fsp3) is 0.833. The van der Waals surface area contributed by atoms with Gasteiger partial charge >= 0.3 is 6.03 Å². The Hall–Kier alpha value is -0.850. The van der Waals surface area contributed by atoms with E-state index in [4.69, 9.17) is 5.11 Å². The van der Waals surface area contributed by atoms with Gasteiger partial charge in [-0.15, -0.1) is 0 Å². The zero-order valence-corrected chi connectivity index (χ0v) is 6.71. The number of rotatable bonds is 1. The molecule has 0 bridgehead atoms. The molecule has 1 aliphatic rings. The van der Waals surface area contributed by atoms with Gasteiger partial charge in [0.1, 0.15) is 12.8 Å². The predicted molar refractivity (Wildman–Crippen MR) is 39.0 cm³/mol. The van der Waals surface area contributed by atoms with Crippen LogP contribution in [0.5, 0.6) is 0 Å². The first-order valence-electron chi connectivity index (χ1n) is 3.56. The van der Waals surface area contributed by atoms with Crippen LogP contribution in [0, 0.1) is 0 Å². The first-order valence-corrected chi connectivity index (χ1v) is 3.56. The number of β-amino-alcohol motifs (C(OH)–C–C–N with tert-alkyl or cyclic N) is 1. The van der Waals surface area contributed by atoms with Gasteiger partial charge in [-0.2, -0.15) is 0 Å². The first kappa shape index (κ1) is 9.24. The van der Waals surface area contributed by atoms with E-state index in [0.717, 1.165) is 4.90 Å². The average Bonchev–Trinajstić information content (AvgIpc) is 2.02. The number of hydrogen-bond donors (Lipinski definition) is 3. The lowest BCUT2D eigenvalue weighted by molar-refractivity contribution is -0.116. The summed E-state index contributed by atoms with van der Waals surface area (Å²) in [5.74, 6) is 0. The molecule has 70 valence electrons. The quantitative estimate of drug-likeness (QED) is 0.430. The van der Waals surface area contributed by atoms with E-state index >= 15 is 0 Å². The smallest absolute Gasteiger partial charge is 0.323 e. The molecule has 0 radical (unpaired) electrons. The van der Waals surface area contributed by atoms with Crippen LogP contribution in [0.3, 0.4) is 0 Å². The van der Waals surface area contributed by atoms with Crippen molar-refractivity contribution in [1.29, 1.82) is 0 Å². The lowest BCUT2D eigenvalue weighted by Gasteiger charge is -2.38. The SMILES string of the molecule is CN1CC(O)C(O)N(CO)C1=O. The van der Waals surface area contributed by atoms with Gasteiger partial charge in [0.15, 0.2) is 6.23 Å². The number of likely N-dealkylation sites (N-methyl/N-ethyl adjacent to an activating group) is 1. The normalized spacial score (nSPS) is 31.2. The van der Waals surface area contributed by atoms with Crippen molar-refractivity contribution in [2.45, 2.75) is 12.3 Å². The summed E-state index contributed by atoms with van der Waals surface area (Å²) in [6.07, 6.45) is -2.33. The molecule has 2 atom stereocenters. The van der Waals surface area contributed by atoms with E-state index in [0.29, 0.717) is 0 Å². The van der Waals surface area contributed by atoms with E-state index in [2.05, 4.69) is 0 Å². The van der Waals surface area contributed by atoms with Gasteiger partial charge < -0.3 is 20.2 Å². The van der Waals surface area contributed by atoms with E-state index in [-0.39, 0.29) is 6.54 Å². The lowest BCUT2D eigenvalue weighted by Crippen LogP contribution is -2.60. The van der Waals surface area contributed by atoms with E-state index in [1.807, 2.05) is 0 Å². The molecule has 0 aromatic rings. The molecule has 1 aliphatic heterocycles. The summed E-state index contributed by atoms with van der Waals surface area (Å²) in [6.45, 7) is -0.516. The zero-order valence-electron chi connectivity index (χ0n) is 6.71. The highest BCUT2D eigenvalue weighted by Crippen LogP contribution is 2.12. The van der Waals surface area contributed by atoms with Gasteiger partial charge in [-0.1, -0.05) is 0 Å². The van der Waals surface area contributed by atoms with Crippen LogP contribution in [-0.4, -0.2) is 63.8 Å². The van der Waals surface area contributed by atoms with Crippen LogP contribution >= 0.6 is 0 Å². The fourth-order valence-corrected chi connectivity index (χ4v) is 1.14. The average molecular weight is 176 g/mol. The number of carbonyl (C=O) groups is 1. The van der Waals surface area contributed by atoms with Crippen LogP contribution in [0.15, 0.2) is 0 Å². The number of hydrogen-bond acceptors (Lipinski definition) is 4. The summed E-state index contributed by atoms with van der Waals surface area (Å²) in [7, 11) is 1.49. The van der Waals surface area contributed by atoms with E-state index in [9.17, 15) is 15.0 Å². The van der Waals surface area contributed by atoms with Gasteiger partial charge in [0, 0.05) is 7.05 Å². The Balaban J connectivity index is 2.74. The van der Waals surface area contributed by atoms with Crippen molar-refractivity contribution in [1.82, 2.24) is 9.80 Å². The van der Waals surface area contributed by atoms with E-state index < -0.39 is 25.1 Å². The Morgan fingerprint density at radius 3 is 2.67 bits per heavy atom. The molecule has 6 nitrogen and oxygen atoms in total. The third kappa shape index (κ3) is 1.36. The number of nitrogens with zero attached hydrogens (tertiary/aromatic N) is 2. The number of carbonyl (C=O) groups excluding carboxylic acids is 1. The van der Waals surface area contributed by atoms with Gasteiger partial charge in [0.2, 0.25) is 0 Å². The maximum absolute atomic E-state index is 11.1. The molecule has 2 unspecified atom stereocenters. The molecule has 6 heteroatoms. The molecule has 1 fully saturated rings. The minimum absolute atomic E-state index is 0.0799. The summed E-state index contributed by atoms with van der Waals surface area (Å²) in [5, 5.41) is 27.0. The Kier molecular flexibility index (Phi) is 2.51.